The molecule has 3 aromatic carbocycles. The van der Waals surface area contributed by atoms with Crippen molar-refractivity contribution in [2.75, 3.05) is 6.54 Å². The summed E-state index contributed by atoms with van der Waals surface area (Å²) in [7, 11) is 0. The molecule has 0 saturated heterocycles. The van der Waals surface area contributed by atoms with Crippen LogP contribution in [0.2, 0.25) is 0 Å². The molecule has 0 aliphatic heterocycles. The van der Waals surface area contributed by atoms with Crippen molar-refractivity contribution in [3.8, 4) is 0 Å². The standard InChI is InChI=1S/C36H43N7O5/c1-36(2,3)40-35(48)43(22-25-14-8-5-9-15-25)23-31(44)29(20-24-12-6-4-7-13-24)39-33(46)30(21-32(37)45)41-42-34(47)28-19-18-26-16-10-11-17-27(26)38-28/h4-19,29-31,41,44H,20-23H2,1-3H3,(H2,37,45)(H,39,46)(H,40,48)(H,42,47)/t29-,30-,31?/m0/s1. The SMILES string of the molecule is CC(C)(C)NC(=O)N(Cc1ccccc1)CC(O)[C@H](Cc1ccccc1)NC(=O)[C@H](CC(N)=O)NNC(=O)c1ccc2ccccc2n1. The highest BCUT2D eigenvalue weighted by Crippen LogP contribution is 2.14. The molecular formula is C36H43N7O5. The van der Waals surface area contributed by atoms with Gasteiger partial charge in [-0.1, -0.05) is 84.9 Å². The molecule has 4 aromatic rings. The maximum absolute atomic E-state index is 13.7. The molecule has 252 valence electrons. The maximum atomic E-state index is 13.7. The van der Waals surface area contributed by atoms with Crippen LogP contribution in [0.1, 0.15) is 48.8 Å². The number of carbonyl (C=O) groups excluding carboxylic acids is 4. The van der Waals surface area contributed by atoms with Gasteiger partial charge in [-0.3, -0.25) is 19.8 Å². The number of nitrogens with zero attached hydrogens (tertiary/aromatic N) is 2. The number of primary amides is 1. The summed E-state index contributed by atoms with van der Waals surface area (Å²) in [5.74, 6) is -2.09. The second-order valence-corrected chi connectivity index (χ2v) is 12.6. The molecule has 48 heavy (non-hydrogen) atoms. The topological polar surface area (TPSA) is 179 Å². The van der Waals surface area contributed by atoms with Gasteiger partial charge in [0.1, 0.15) is 11.7 Å². The van der Waals surface area contributed by atoms with Crippen LogP contribution in [0.25, 0.3) is 10.9 Å². The zero-order chi connectivity index (χ0) is 34.7. The molecule has 4 rings (SSSR count). The summed E-state index contributed by atoms with van der Waals surface area (Å²) in [5.41, 5.74) is 12.4. The monoisotopic (exact) mass is 653 g/mol. The van der Waals surface area contributed by atoms with Gasteiger partial charge in [-0.2, -0.15) is 0 Å². The van der Waals surface area contributed by atoms with E-state index in [9.17, 15) is 24.3 Å². The fraction of sp³-hybridized carbons (Fsp3) is 0.306. The van der Waals surface area contributed by atoms with Gasteiger partial charge in [0.05, 0.1) is 30.6 Å². The van der Waals surface area contributed by atoms with Crippen molar-refractivity contribution in [3.05, 3.63) is 114 Å². The van der Waals surface area contributed by atoms with E-state index in [1.54, 1.807) is 24.3 Å². The molecule has 0 bridgehead atoms. The zero-order valence-electron chi connectivity index (χ0n) is 27.4. The molecule has 0 saturated carbocycles. The molecule has 0 spiro atoms. The van der Waals surface area contributed by atoms with Gasteiger partial charge in [0.2, 0.25) is 11.8 Å². The number of fused-ring (bicyclic) bond motifs is 1. The van der Waals surface area contributed by atoms with E-state index in [4.69, 9.17) is 5.73 Å². The van der Waals surface area contributed by atoms with Crippen molar-refractivity contribution < 1.29 is 24.3 Å². The van der Waals surface area contributed by atoms with Gasteiger partial charge in [-0.15, -0.1) is 0 Å². The molecule has 12 nitrogen and oxygen atoms in total. The molecule has 7 N–H and O–H groups in total. The highest BCUT2D eigenvalue weighted by molar-refractivity contribution is 5.95. The van der Waals surface area contributed by atoms with E-state index in [0.717, 1.165) is 16.5 Å². The molecular weight excluding hydrogens is 610 g/mol. The van der Waals surface area contributed by atoms with Crippen LogP contribution in [0.3, 0.4) is 0 Å². The Morgan fingerprint density at radius 1 is 0.854 bits per heavy atom. The molecule has 5 amide bonds. The summed E-state index contributed by atoms with van der Waals surface area (Å²) in [5, 5.41) is 18.2. The number of nitrogens with two attached hydrogens (primary N) is 1. The zero-order valence-corrected chi connectivity index (χ0v) is 27.4. The van der Waals surface area contributed by atoms with Crippen LogP contribution in [0, 0.1) is 0 Å². The van der Waals surface area contributed by atoms with Crippen molar-refractivity contribution in [1.29, 1.82) is 0 Å². The molecule has 0 radical (unpaired) electrons. The average molecular weight is 654 g/mol. The van der Waals surface area contributed by atoms with Gasteiger partial charge >= 0.3 is 6.03 Å². The largest absolute Gasteiger partial charge is 0.389 e. The number of amides is 5. The van der Waals surface area contributed by atoms with Crippen molar-refractivity contribution >= 4 is 34.7 Å². The minimum atomic E-state index is -1.28. The molecule has 3 atom stereocenters. The average Bonchev–Trinajstić information content (AvgIpc) is 3.05. The second kappa shape index (κ2) is 16.5. The number of carbonyl (C=O) groups is 4. The Morgan fingerprint density at radius 3 is 2.12 bits per heavy atom. The number of para-hydroxylation sites is 1. The molecule has 12 heteroatoms. The van der Waals surface area contributed by atoms with E-state index in [1.165, 1.54) is 4.90 Å². The Kier molecular flexibility index (Phi) is 12.2. The van der Waals surface area contributed by atoms with Crippen LogP contribution < -0.4 is 27.2 Å². The lowest BCUT2D eigenvalue weighted by Crippen LogP contribution is -2.58. The van der Waals surface area contributed by atoms with E-state index < -0.39 is 47.9 Å². The summed E-state index contributed by atoms with van der Waals surface area (Å²) >= 11 is 0. The van der Waals surface area contributed by atoms with Gasteiger partial charge < -0.3 is 26.4 Å². The molecule has 0 aliphatic carbocycles. The third kappa shape index (κ3) is 10.9. The number of benzene rings is 3. The van der Waals surface area contributed by atoms with Crippen molar-refractivity contribution in [2.24, 2.45) is 5.73 Å². The summed E-state index contributed by atoms with van der Waals surface area (Å²) in [6, 6.07) is 26.7. The smallest absolute Gasteiger partial charge is 0.318 e. The molecule has 0 aliphatic rings. The van der Waals surface area contributed by atoms with E-state index >= 15 is 0 Å². The predicted octanol–water partition coefficient (Wildman–Crippen LogP) is 2.81. The maximum Gasteiger partial charge on any atom is 0.318 e. The molecule has 1 heterocycles. The van der Waals surface area contributed by atoms with E-state index in [2.05, 4.69) is 26.5 Å². The number of aliphatic hydroxyl groups excluding tert-OH is 1. The number of hydrazine groups is 1. The lowest BCUT2D eigenvalue weighted by atomic mass is 9.99. The minimum Gasteiger partial charge on any atom is -0.389 e. The van der Waals surface area contributed by atoms with Gasteiger partial charge in [0.15, 0.2) is 0 Å². The van der Waals surface area contributed by atoms with Crippen LogP contribution in [-0.4, -0.2) is 69.0 Å². The number of hydrogen-bond donors (Lipinski definition) is 6. The highest BCUT2D eigenvalue weighted by atomic mass is 16.3. The summed E-state index contributed by atoms with van der Waals surface area (Å²) in [6.07, 6.45) is -1.46. The third-order valence-corrected chi connectivity index (χ3v) is 7.40. The Bertz CT molecular complexity index is 1700. The van der Waals surface area contributed by atoms with Crippen LogP contribution in [-0.2, 0) is 22.6 Å². The second-order valence-electron chi connectivity index (χ2n) is 12.6. The first-order chi connectivity index (χ1) is 22.9. The first-order valence-electron chi connectivity index (χ1n) is 15.7. The first-order valence-corrected chi connectivity index (χ1v) is 15.7. The lowest BCUT2D eigenvalue weighted by Gasteiger charge is -2.33. The Balaban J connectivity index is 1.52. The van der Waals surface area contributed by atoms with Gasteiger partial charge in [-0.05, 0) is 50.5 Å². The fourth-order valence-electron chi connectivity index (χ4n) is 5.03. The lowest BCUT2D eigenvalue weighted by molar-refractivity contribution is -0.128. The number of nitrogens with one attached hydrogen (secondary N) is 4. The van der Waals surface area contributed by atoms with Crippen molar-refractivity contribution in [1.82, 2.24) is 31.4 Å². The van der Waals surface area contributed by atoms with Gasteiger partial charge in [0.25, 0.3) is 5.91 Å². The quantitative estimate of drug-likeness (QED) is 0.113. The normalized spacial score (nSPS) is 13.2. The van der Waals surface area contributed by atoms with E-state index in [1.807, 2.05) is 93.6 Å². The fourth-order valence-corrected chi connectivity index (χ4v) is 5.03. The van der Waals surface area contributed by atoms with Crippen LogP contribution in [0.4, 0.5) is 4.79 Å². The highest BCUT2D eigenvalue weighted by Gasteiger charge is 2.31. The van der Waals surface area contributed by atoms with E-state index in [-0.39, 0.29) is 31.2 Å². The Labute approximate surface area is 280 Å². The van der Waals surface area contributed by atoms with Gasteiger partial charge in [0, 0.05) is 17.5 Å². The number of rotatable bonds is 14. The molecule has 0 fully saturated rings. The first kappa shape index (κ1) is 35.5. The van der Waals surface area contributed by atoms with Crippen LogP contribution in [0.15, 0.2) is 97.1 Å². The minimum absolute atomic E-state index is 0.101. The summed E-state index contributed by atoms with van der Waals surface area (Å²) in [4.78, 5) is 57.8. The molecule has 1 aromatic heterocycles. The summed E-state index contributed by atoms with van der Waals surface area (Å²) < 4.78 is 0. The van der Waals surface area contributed by atoms with Crippen LogP contribution >= 0.6 is 0 Å². The predicted molar refractivity (Wildman–Crippen MR) is 183 cm³/mol. The number of hydrogen-bond acceptors (Lipinski definition) is 7. The Hall–Kier alpha value is -5.33. The van der Waals surface area contributed by atoms with Crippen molar-refractivity contribution in [3.63, 3.8) is 0 Å². The molecule has 1 unspecified atom stereocenters. The van der Waals surface area contributed by atoms with E-state index in [0.29, 0.717) is 5.52 Å². The number of aliphatic hydroxyl groups is 1. The number of urea groups is 1. The van der Waals surface area contributed by atoms with Crippen molar-refractivity contribution in [2.45, 2.75) is 63.9 Å². The van der Waals surface area contributed by atoms with Gasteiger partial charge in [-0.25, -0.2) is 15.2 Å². The number of pyridine rings is 1. The Morgan fingerprint density at radius 2 is 1.48 bits per heavy atom. The van der Waals surface area contributed by atoms with Crippen LogP contribution in [0.5, 0.6) is 0 Å². The third-order valence-electron chi connectivity index (χ3n) is 7.40. The summed E-state index contributed by atoms with van der Waals surface area (Å²) in [6.45, 7) is 5.68. The number of aromatic nitrogens is 1.